The number of hydrogen-bond acceptors (Lipinski definition) is 2. The number of urea groups is 1. The third kappa shape index (κ3) is 4.01. The van der Waals surface area contributed by atoms with E-state index in [4.69, 9.17) is 0 Å². The summed E-state index contributed by atoms with van der Waals surface area (Å²) in [6.45, 7) is 0.196. The van der Waals surface area contributed by atoms with Crippen molar-refractivity contribution >= 4 is 12.0 Å². The first-order chi connectivity index (χ1) is 12.6. The molecule has 1 saturated heterocycles. The smallest absolute Gasteiger partial charge is 0.391 e. The lowest BCUT2D eigenvalue weighted by Crippen LogP contribution is -2.43. The molecule has 1 aromatic carbocycles. The van der Waals surface area contributed by atoms with Gasteiger partial charge in [-0.05, 0) is 36.5 Å². The number of nitrogens with one attached hydrogen (secondary N) is 1. The summed E-state index contributed by atoms with van der Waals surface area (Å²) in [6, 6.07) is 2.35. The standard InChI is InChI=1S/C18H20F4N2O3/c19-13-5-3-11(4-6-13)14(8-18(20,21)22)23-16(27)24-9-12-2-1-7-17(12,10-24)15(25)26/h3-6,12,14H,1-2,7-10H2,(H,23,27)(H,25,26)/t12-,14?,17+/m0/s1. The van der Waals surface area contributed by atoms with Crippen LogP contribution in [0.5, 0.6) is 0 Å². The van der Waals surface area contributed by atoms with Gasteiger partial charge in [0.25, 0.3) is 0 Å². The van der Waals surface area contributed by atoms with Crippen molar-refractivity contribution in [3.63, 3.8) is 0 Å². The van der Waals surface area contributed by atoms with Gasteiger partial charge < -0.3 is 15.3 Å². The number of halogens is 4. The average Bonchev–Trinajstić information content (AvgIpc) is 3.11. The summed E-state index contributed by atoms with van der Waals surface area (Å²) in [5.74, 6) is -1.75. The Bertz CT molecular complexity index is 722. The Kier molecular flexibility index (Phi) is 5.05. The van der Waals surface area contributed by atoms with E-state index in [2.05, 4.69) is 5.32 Å². The number of aliphatic carboxylic acids is 1. The minimum Gasteiger partial charge on any atom is -0.481 e. The number of carboxylic acid groups (broad SMARTS) is 1. The van der Waals surface area contributed by atoms with Crippen molar-refractivity contribution in [1.82, 2.24) is 10.2 Å². The van der Waals surface area contributed by atoms with Gasteiger partial charge in [0.05, 0.1) is 17.9 Å². The van der Waals surface area contributed by atoms with Crippen molar-refractivity contribution in [3.8, 4) is 0 Å². The average molecular weight is 388 g/mol. The first-order valence-electron chi connectivity index (χ1n) is 8.72. The molecule has 1 aliphatic heterocycles. The highest BCUT2D eigenvalue weighted by Crippen LogP contribution is 2.49. The zero-order chi connectivity index (χ0) is 19.8. The van der Waals surface area contributed by atoms with Crippen molar-refractivity contribution in [2.45, 2.75) is 37.9 Å². The highest BCUT2D eigenvalue weighted by atomic mass is 19.4. The second-order valence-corrected chi connectivity index (χ2v) is 7.30. The van der Waals surface area contributed by atoms with Crippen LogP contribution < -0.4 is 5.32 Å². The molecule has 3 atom stereocenters. The second-order valence-electron chi connectivity index (χ2n) is 7.30. The molecule has 2 fully saturated rings. The Hall–Kier alpha value is -2.32. The number of carbonyl (C=O) groups excluding carboxylic acids is 1. The van der Waals surface area contributed by atoms with Crippen molar-refractivity contribution in [2.75, 3.05) is 13.1 Å². The first kappa shape index (κ1) is 19.4. The summed E-state index contributed by atoms with van der Waals surface area (Å²) in [5.41, 5.74) is -0.873. The third-order valence-electron chi connectivity index (χ3n) is 5.59. The molecule has 1 aliphatic carbocycles. The number of likely N-dealkylation sites (tertiary alicyclic amines) is 1. The number of hydrogen-bond donors (Lipinski definition) is 2. The Morgan fingerprint density at radius 2 is 1.96 bits per heavy atom. The minimum atomic E-state index is -4.53. The molecular formula is C18H20F4N2O3. The highest BCUT2D eigenvalue weighted by Gasteiger charge is 2.56. The number of amides is 2. The molecule has 0 spiro atoms. The number of alkyl halides is 3. The van der Waals surface area contributed by atoms with Gasteiger partial charge in [-0.15, -0.1) is 0 Å². The molecule has 27 heavy (non-hydrogen) atoms. The second kappa shape index (κ2) is 7.01. The predicted octanol–water partition coefficient (Wildman–Crippen LogP) is 3.72. The lowest BCUT2D eigenvalue weighted by atomic mass is 9.81. The molecule has 9 heteroatoms. The molecule has 2 amide bonds. The molecule has 1 aromatic rings. The molecular weight excluding hydrogens is 368 g/mol. The highest BCUT2D eigenvalue weighted by molar-refractivity contribution is 5.80. The molecule has 3 rings (SSSR count). The fraction of sp³-hybridized carbons (Fsp3) is 0.556. The van der Waals surface area contributed by atoms with Crippen LogP contribution in [0, 0.1) is 17.2 Å². The van der Waals surface area contributed by atoms with Gasteiger partial charge in [-0.25, -0.2) is 9.18 Å². The number of carboxylic acids is 1. The van der Waals surface area contributed by atoms with Crippen molar-refractivity contribution in [3.05, 3.63) is 35.6 Å². The van der Waals surface area contributed by atoms with Crippen LogP contribution in [-0.2, 0) is 4.79 Å². The zero-order valence-electron chi connectivity index (χ0n) is 14.4. The van der Waals surface area contributed by atoms with Gasteiger partial charge >= 0.3 is 18.2 Å². The van der Waals surface area contributed by atoms with E-state index in [1.165, 1.54) is 17.0 Å². The van der Waals surface area contributed by atoms with E-state index in [1.807, 2.05) is 0 Å². The van der Waals surface area contributed by atoms with Crippen molar-refractivity contribution in [1.29, 1.82) is 0 Å². The van der Waals surface area contributed by atoms with E-state index in [-0.39, 0.29) is 24.6 Å². The lowest BCUT2D eigenvalue weighted by molar-refractivity contribution is -0.149. The summed E-state index contributed by atoms with van der Waals surface area (Å²) < 4.78 is 51.9. The van der Waals surface area contributed by atoms with E-state index >= 15 is 0 Å². The van der Waals surface area contributed by atoms with Crippen LogP contribution in [0.4, 0.5) is 22.4 Å². The minimum absolute atomic E-state index is 0.0129. The van der Waals surface area contributed by atoms with Crippen LogP contribution >= 0.6 is 0 Å². The maximum atomic E-state index is 13.1. The normalized spacial score (nSPS) is 25.9. The van der Waals surface area contributed by atoms with Gasteiger partial charge in [-0.1, -0.05) is 18.6 Å². The largest absolute Gasteiger partial charge is 0.481 e. The van der Waals surface area contributed by atoms with Crippen LogP contribution in [0.1, 0.15) is 37.3 Å². The zero-order valence-corrected chi connectivity index (χ0v) is 14.4. The lowest BCUT2D eigenvalue weighted by Gasteiger charge is -2.26. The predicted molar refractivity (Wildman–Crippen MR) is 87.3 cm³/mol. The van der Waals surface area contributed by atoms with Gasteiger partial charge in [0, 0.05) is 13.1 Å². The van der Waals surface area contributed by atoms with Crippen molar-refractivity contribution < 1.29 is 32.3 Å². The number of nitrogens with zero attached hydrogens (tertiary/aromatic N) is 1. The Morgan fingerprint density at radius 3 is 2.52 bits per heavy atom. The van der Waals surface area contributed by atoms with E-state index in [0.29, 0.717) is 12.8 Å². The fourth-order valence-electron chi connectivity index (χ4n) is 4.21. The van der Waals surface area contributed by atoms with Crippen molar-refractivity contribution in [2.24, 2.45) is 11.3 Å². The summed E-state index contributed by atoms with van der Waals surface area (Å²) >= 11 is 0. The van der Waals surface area contributed by atoms with Gasteiger partial charge in [-0.2, -0.15) is 13.2 Å². The van der Waals surface area contributed by atoms with Gasteiger partial charge in [-0.3, -0.25) is 4.79 Å². The van der Waals surface area contributed by atoms with E-state index in [9.17, 15) is 32.3 Å². The quantitative estimate of drug-likeness (QED) is 0.773. The molecule has 2 N–H and O–H groups in total. The van der Waals surface area contributed by atoms with E-state index in [0.717, 1.165) is 18.6 Å². The number of fused-ring (bicyclic) bond motifs is 1. The summed E-state index contributed by atoms with van der Waals surface area (Å²) in [5, 5.41) is 11.9. The molecule has 1 unspecified atom stereocenters. The van der Waals surface area contributed by atoms with E-state index < -0.39 is 41.9 Å². The van der Waals surface area contributed by atoms with Crippen LogP contribution in [0.2, 0.25) is 0 Å². The summed E-state index contributed by atoms with van der Waals surface area (Å²) in [4.78, 5) is 25.5. The summed E-state index contributed by atoms with van der Waals surface area (Å²) in [7, 11) is 0. The van der Waals surface area contributed by atoms with Gasteiger partial charge in [0.15, 0.2) is 0 Å². The first-order valence-corrected chi connectivity index (χ1v) is 8.72. The number of carbonyl (C=O) groups is 2. The molecule has 1 heterocycles. The number of rotatable bonds is 4. The molecule has 0 bridgehead atoms. The molecule has 1 saturated carbocycles. The third-order valence-corrected chi connectivity index (χ3v) is 5.59. The Labute approximate surface area is 153 Å². The maximum absolute atomic E-state index is 13.1. The Morgan fingerprint density at radius 1 is 1.30 bits per heavy atom. The maximum Gasteiger partial charge on any atom is 0.391 e. The van der Waals surface area contributed by atoms with Crippen LogP contribution in [-0.4, -0.2) is 41.3 Å². The van der Waals surface area contributed by atoms with Crippen LogP contribution in [0.15, 0.2) is 24.3 Å². The van der Waals surface area contributed by atoms with Crippen LogP contribution in [0.3, 0.4) is 0 Å². The fourth-order valence-corrected chi connectivity index (χ4v) is 4.21. The van der Waals surface area contributed by atoms with Gasteiger partial charge in [0.2, 0.25) is 0 Å². The monoisotopic (exact) mass is 388 g/mol. The molecule has 148 valence electrons. The molecule has 0 aromatic heterocycles. The van der Waals surface area contributed by atoms with Gasteiger partial charge in [0.1, 0.15) is 5.82 Å². The Balaban J connectivity index is 1.75. The molecule has 0 radical (unpaired) electrons. The number of benzene rings is 1. The topological polar surface area (TPSA) is 69.6 Å². The molecule has 2 aliphatic rings. The van der Waals surface area contributed by atoms with E-state index in [1.54, 1.807) is 0 Å². The molecule has 5 nitrogen and oxygen atoms in total. The summed E-state index contributed by atoms with van der Waals surface area (Å²) in [6.07, 6.45) is -3.93. The van der Waals surface area contributed by atoms with Crippen LogP contribution in [0.25, 0.3) is 0 Å². The SMILES string of the molecule is O=C(NC(CC(F)(F)F)c1ccc(F)cc1)N1C[C@@H]2CCC[C@@]2(C(=O)O)C1.